The molecular weight excluding hydrogens is 258 g/mol. The molecule has 0 amide bonds. The van der Waals surface area contributed by atoms with Crippen molar-refractivity contribution >= 4 is 17.1 Å². The first-order valence-corrected chi connectivity index (χ1v) is 6.86. The highest BCUT2D eigenvalue weighted by molar-refractivity contribution is 5.77. The van der Waals surface area contributed by atoms with Crippen LogP contribution in [-0.4, -0.2) is 38.8 Å². The highest BCUT2D eigenvalue weighted by Gasteiger charge is 2.26. The highest BCUT2D eigenvalue weighted by atomic mass is 16.6. The van der Waals surface area contributed by atoms with E-state index in [-0.39, 0.29) is 10.6 Å². The third-order valence-electron chi connectivity index (χ3n) is 3.82. The standard InChI is InChI=1S/C14H21N3O3/c1-15-12-4-3-5-13(14(12)17(18)19)16-8-6-11(7-9-16)10-20-2/h3-5,11,15H,6-10H2,1-2H3. The van der Waals surface area contributed by atoms with Crippen molar-refractivity contribution < 1.29 is 9.66 Å². The molecule has 20 heavy (non-hydrogen) atoms. The minimum atomic E-state index is -0.303. The molecule has 0 radical (unpaired) electrons. The predicted octanol–water partition coefficient (Wildman–Crippen LogP) is 2.50. The summed E-state index contributed by atoms with van der Waals surface area (Å²) in [6.45, 7) is 2.44. The van der Waals surface area contributed by atoms with E-state index in [1.54, 1.807) is 20.2 Å². The molecule has 0 atom stereocenters. The first-order valence-electron chi connectivity index (χ1n) is 6.86. The molecule has 1 saturated heterocycles. The summed E-state index contributed by atoms with van der Waals surface area (Å²) in [4.78, 5) is 13.1. The number of methoxy groups -OCH3 is 1. The fraction of sp³-hybridized carbons (Fsp3) is 0.571. The normalized spacial score (nSPS) is 16.2. The Morgan fingerprint density at radius 2 is 2.15 bits per heavy atom. The summed E-state index contributed by atoms with van der Waals surface area (Å²) < 4.78 is 5.18. The predicted molar refractivity (Wildman–Crippen MR) is 79.5 cm³/mol. The summed E-state index contributed by atoms with van der Waals surface area (Å²) in [6, 6.07) is 5.42. The fourth-order valence-electron chi connectivity index (χ4n) is 2.76. The number of nitro benzene ring substituents is 1. The second-order valence-corrected chi connectivity index (χ2v) is 5.07. The molecule has 0 spiro atoms. The smallest absolute Gasteiger partial charge is 0.315 e. The summed E-state index contributed by atoms with van der Waals surface area (Å²) >= 11 is 0. The number of hydrogen-bond acceptors (Lipinski definition) is 5. The number of anilines is 2. The zero-order valence-electron chi connectivity index (χ0n) is 12.0. The average molecular weight is 279 g/mol. The molecule has 0 bridgehead atoms. The van der Waals surface area contributed by atoms with E-state index in [0.717, 1.165) is 32.5 Å². The van der Waals surface area contributed by atoms with Crippen LogP contribution in [0.25, 0.3) is 0 Å². The second-order valence-electron chi connectivity index (χ2n) is 5.07. The van der Waals surface area contributed by atoms with Crippen LogP contribution in [0, 0.1) is 16.0 Å². The number of rotatable bonds is 5. The largest absolute Gasteiger partial charge is 0.384 e. The van der Waals surface area contributed by atoms with Crippen LogP contribution in [0.5, 0.6) is 0 Å². The Labute approximate surface area is 118 Å². The van der Waals surface area contributed by atoms with Crippen LogP contribution in [0.2, 0.25) is 0 Å². The van der Waals surface area contributed by atoms with Crippen LogP contribution in [0.1, 0.15) is 12.8 Å². The van der Waals surface area contributed by atoms with Gasteiger partial charge in [-0.05, 0) is 30.9 Å². The fourth-order valence-corrected chi connectivity index (χ4v) is 2.76. The van der Waals surface area contributed by atoms with E-state index >= 15 is 0 Å². The van der Waals surface area contributed by atoms with E-state index in [4.69, 9.17) is 4.74 Å². The van der Waals surface area contributed by atoms with Gasteiger partial charge in [-0.1, -0.05) is 6.07 Å². The van der Waals surface area contributed by atoms with Gasteiger partial charge in [-0.2, -0.15) is 0 Å². The Morgan fingerprint density at radius 3 is 2.70 bits per heavy atom. The van der Waals surface area contributed by atoms with Crippen LogP contribution < -0.4 is 10.2 Å². The monoisotopic (exact) mass is 279 g/mol. The molecule has 1 aliphatic heterocycles. The summed E-state index contributed by atoms with van der Waals surface area (Å²) in [6.07, 6.45) is 2.02. The van der Waals surface area contributed by atoms with Crippen LogP contribution in [0.15, 0.2) is 18.2 Å². The van der Waals surface area contributed by atoms with Gasteiger partial charge in [0.25, 0.3) is 0 Å². The van der Waals surface area contributed by atoms with E-state index in [1.165, 1.54) is 0 Å². The van der Waals surface area contributed by atoms with E-state index in [2.05, 4.69) is 10.2 Å². The van der Waals surface area contributed by atoms with Gasteiger partial charge in [0.1, 0.15) is 11.4 Å². The lowest BCUT2D eigenvalue weighted by molar-refractivity contribution is -0.383. The number of nitrogens with one attached hydrogen (secondary N) is 1. The Morgan fingerprint density at radius 1 is 1.45 bits per heavy atom. The Bertz CT molecular complexity index is 471. The highest BCUT2D eigenvalue weighted by Crippen LogP contribution is 2.36. The van der Waals surface area contributed by atoms with Crippen molar-refractivity contribution in [3.63, 3.8) is 0 Å². The first-order chi connectivity index (χ1) is 9.67. The van der Waals surface area contributed by atoms with Gasteiger partial charge in [-0.3, -0.25) is 10.1 Å². The SMILES string of the molecule is CNc1cccc(N2CCC(COC)CC2)c1[N+](=O)[O-]. The molecule has 0 saturated carbocycles. The van der Waals surface area contributed by atoms with Gasteiger partial charge in [0, 0.05) is 33.9 Å². The molecule has 1 aliphatic rings. The molecule has 6 heteroatoms. The molecule has 1 aromatic carbocycles. The van der Waals surface area contributed by atoms with Gasteiger partial charge < -0.3 is 15.0 Å². The van der Waals surface area contributed by atoms with Gasteiger partial charge >= 0.3 is 5.69 Å². The molecule has 0 unspecified atom stereocenters. The third-order valence-corrected chi connectivity index (χ3v) is 3.82. The number of benzene rings is 1. The van der Waals surface area contributed by atoms with Crippen LogP contribution in [0.3, 0.4) is 0 Å². The molecule has 1 aromatic rings. The summed E-state index contributed by atoms with van der Waals surface area (Å²) in [7, 11) is 3.42. The summed E-state index contributed by atoms with van der Waals surface area (Å²) in [5, 5.41) is 14.2. The minimum absolute atomic E-state index is 0.167. The molecule has 1 heterocycles. The van der Waals surface area contributed by atoms with E-state index in [9.17, 15) is 10.1 Å². The number of nitro groups is 1. The van der Waals surface area contributed by atoms with E-state index in [0.29, 0.717) is 17.3 Å². The average Bonchev–Trinajstić information content (AvgIpc) is 2.47. The van der Waals surface area contributed by atoms with E-state index < -0.39 is 0 Å². The Kier molecular flexibility index (Phi) is 4.79. The minimum Gasteiger partial charge on any atom is -0.384 e. The second kappa shape index (κ2) is 6.56. The number of piperidine rings is 1. The summed E-state index contributed by atoms with van der Waals surface area (Å²) in [5.41, 5.74) is 1.43. The molecule has 1 fully saturated rings. The molecule has 2 rings (SSSR count). The molecule has 0 aromatic heterocycles. The van der Waals surface area contributed by atoms with Gasteiger partial charge in [0.15, 0.2) is 0 Å². The van der Waals surface area contributed by atoms with Gasteiger partial charge in [-0.25, -0.2) is 0 Å². The van der Waals surface area contributed by atoms with Crippen molar-refractivity contribution in [1.29, 1.82) is 0 Å². The first kappa shape index (κ1) is 14.6. The molecule has 0 aliphatic carbocycles. The van der Waals surface area contributed by atoms with Crippen LogP contribution in [-0.2, 0) is 4.74 Å². The molecular formula is C14H21N3O3. The van der Waals surface area contributed by atoms with Crippen molar-refractivity contribution in [2.24, 2.45) is 5.92 Å². The molecule has 1 N–H and O–H groups in total. The van der Waals surface area contributed by atoms with Crippen molar-refractivity contribution in [2.75, 3.05) is 44.1 Å². The Hall–Kier alpha value is -1.82. The summed E-state index contributed by atoms with van der Waals surface area (Å²) in [5.74, 6) is 0.558. The lowest BCUT2D eigenvalue weighted by Crippen LogP contribution is -2.35. The van der Waals surface area contributed by atoms with Crippen molar-refractivity contribution in [3.05, 3.63) is 28.3 Å². The van der Waals surface area contributed by atoms with Gasteiger partial charge in [0.05, 0.1) is 4.92 Å². The zero-order valence-corrected chi connectivity index (χ0v) is 12.0. The van der Waals surface area contributed by atoms with E-state index in [1.807, 2.05) is 12.1 Å². The van der Waals surface area contributed by atoms with Crippen LogP contribution in [0.4, 0.5) is 17.1 Å². The van der Waals surface area contributed by atoms with Crippen molar-refractivity contribution in [3.8, 4) is 0 Å². The molecule has 110 valence electrons. The molecule has 6 nitrogen and oxygen atoms in total. The topological polar surface area (TPSA) is 67.6 Å². The van der Waals surface area contributed by atoms with Gasteiger partial charge in [0.2, 0.25) is 0 Å². The lowest BCUT2D eigenvalue weighted by Gasteiger charge is -2.33. The van der Waals surface area contributed by atoms with Crippen molar-refractivity contribution in [2.45, 2.75) is 12.8 Å². The number of nitrogens with zero attached hydrogens (tertiary/aromatic N) is 2. The van der Waals surface area contributed by atoms with Gasteiger partial charge in [-0.15, -0.1) is 0 Å². The maximum atomic E-state index is 11.3. The van der Waals surface area contributed by atoms with Crippen molar-refractivity contribution in [1.82, 2.24) is 0 Å². The lowest BCUT2D eigenvalue weighted by atomic mass is 9.97. The number of para-hydroxylation sites is 1. The Balaban J connectivity index is 2.19. The quantitative estimate of drug-likeness (QED) is 0.662. The maximum Gasteiger partial charge on any atom is 0.315 e. The maximum absolute atomic E-state index is 11.3. The van der Waals surface area contributed by atoms with Crippen LogP contribution >= 0.6 is 0 Å². The third kappa shape index (κ3) is 3.01. The zero-order chi connectivity index (χ0) is 14.5. The number of hydrogen-bond donors (Lipinski definition) is 1. The number of ether oxygens (including phenoxy) is 1.